The largest absolute Gasteiger partial charge is 0.496 e. The number of allylic oxidation sites excluding steroid dienone is 2. The molecular weight excluding hydrogens is 342 g/mol. The SMILES string of the molecule is C/C=C/CN1C=C(c2cc(C(=O)N(C)C)ccc2OC)C2=CC=NC2C1=O. The van der Waals surface area contributed by atoms with Gasteiger partial charge in [0.15, 0.2) is 6.04 Å². The van der Waals surface area contributed by atoms with Crippen molar-refractivity contribution >= 4 is 23.6 Å². The van der Waals surface area contributed by atoms with Crippen molar-refractivity contribution in [3.8, 4) is 5.75 Å². The van der Waals surface area contributed by atoms with Crippen LogP contribution >= 0.6 is 0 Å². The van der Waals surface area contributed by atoms with E-state index >= 15 is 0 Å². The summed E-state index contributed by atoms with van der Waals surface area (Å²) in [7, 11) is 5.02. The van der Waals surface area contributed by atoms with Crippen LogP contribution in [0.1, 0.15) is 22.8 Å². The summed E-state index contributed by atoms with van der Waals surface area (Å²) in [4.78, 5) is 32.6. The Morgan fingerprint density at radius 3 is 2.81 bits per heavy atom. The minimum Gasteiger partial charge on any atom is -0.496 e. The third-order valence-electron chi connectivity index (χ3n) is 4.58. The van der Waals surface area contributed by atoms with Gasteiger partial charge in [0, 0.05) is 49.8 Å². The van der Waals surface area contributed by atoms with Crippen LogP contribution in [0.15, 0.2) is 53.2 Å². The van der Waals surface area contributed by atoms with E-state index in [1.165, 1.54) is 4.90 Å². The number of aliphatic imine (C=N–C) groups is 1. The van der Waals surface area contributed by atoms with Gasteiger partial charge in [0.1, 0.15) is 5.75 Å². The first kappa shape index (κ1) is 18.6. The van der Waals surface area contributed by atoms with Crippen LogP contribution in [0.3, 0.4) is 0 Å². The van der Waals surface area contributed by atoms with E-state index in [0.29, 0.717) is 17.9 Å². The van der Waals surface area contributed by atoms with Gasteiger partial charge in [-0.25, -0.2) is 0 Å². The maximum absolute atomic E-state index is 12.7. The molecule has 0 bridgehead atoms. The van der Waals surface area contributed by atoms with E-state index in [1.54, 1.807) is 44.5 Å². The highest BCUT2D eigenvalue weighted by molar-refractivity contribution is 6.05. The lowest BCUT2D eigenvalue weighted by Gasteiger charge is -2.29. The summed E-state index contributed by atoms with van der Waals surface area (Å²) in [6.07, 6.45) is 9.15. The van der Waals surface area contributed by atoms with Crippen LogP contribution in [0.2, 0.25) is 0 Å². The molecule has 0 radical (unpaired) electrons. The first-order chi connectivity index (χ1) is 13.0. The molecule has 1 aromatic carbocycles. The van der Waals surface area contributed by atoms with E-state index in [2.05, 4.69) is 4.99 Å². The molecule has 140 valence electrons. The van der Waals surface area contributed by atoms with Crippen LogP contribution in [0.25, 0.3) is 5.57 Å². The molecule has 0 N–H and O–H groups in total. The van der Waals surface area contributed by atoms with Crippen LogP contribution in [-0.2, 0) is 4.79 Å². The number of benzene rings is 1. The molecule has 6 heteroatoms. The highest BCUT2D eigenvalue weighted by Crippen LogP contribution is 2.38. The zero-order valence-electron chi connectivity index (χ0n) is 16.0. The Morgan fingerprint density at radius 2 is 2.15 bits per heavy atom. The number of carbonyl (C=O) groups is 2. The number of methoxy groups -OCH3 is 1. The lowest BCUT2D eigenvalue weighted by molar-refractivity contribution is -0.128. The van der Waals surface area contributed by atoms with Crippen LogP contribution in [0, 0.1) is 0 Å². The molecule has 0 aromatic heterocycles. The highest BCUT2D eigenvalue weighted by Gasteiger charge is 2.35. The van der Waals surface area contributed by atoms with Gasteiger partial charge in [-0.1, -0.05) is 12.2 Å². The summed E-state index contributed by atoms with van der Waals surface area (Å²) in [5.74, 6) is 0.491. The smallest absolute Gasteiger partial charge is 0.256 e. The number of nitrogens with zero attached hydrogens (tertiary/aromatic N) is 3. The Labute approximate surface area is 159 Å². The van der Waals surface area contributed by atoms with Gasteiger partial charge in [0.25, 0.3) is 11.8 Å². The molecule has 27 heavy (non-hydrogen) atoms. The van der Waals surface area contributed by atoms with Gasteiger partial charge >= 0.3 is 0 Å². The Morgan fingerprint density at radius 1 is 1.37 bits per heavy atom. The van der Waals surface area contributed by atoms with Crippen molar-refractivity contribution in [3.05, 3.63) is 59.3 Å². The van der Waals surface area contributed by atoms with Gasteiger partial charge in [-0.15, -0.1) is 0 Å². The van der Waals surface area contributed by atoms with Crippen molar-refractivity contribution < 1.29 is 14.3 Å². The van der Waals surface area contributed by atoms with E-state index in [-0.39, 0.29) is 11.8 Å². The second kappa shape index (κ2) is 7.61. The maximum Gasteiger partial charge on any atom is 0.256 e. The molecule has 2 aliphatic rings. The van der Waals surface area contributed by atoms with E-state index in [1.807, 2.05) is 37.4 Å². The monoisotopic (exact) mass is 365 g/mol. The molecule has 3 rings (SSSR count). The van der Waals surface area contributed by atoms with Crippen molar-refractivity contribution in [3.63, 3.8) is 0 Å². The molecule has 0 aliphatic carbocycles. The Hall–Kier alpha value is -3.15. The zero-order valence-corrected chi connectivity index (χ0v) is 16.0. The minimum atomic E-state index is -0.548. The van der Waals surface area contributed by atoms with Gasteiger partial charge in [-0.2, -0.15) is 0 Å². The van der Waals surface area contributed by atoms with Crippen LogP contribution in [0.4, 0.5) is 0 Å². The average Bonchev–Trinajstić information content (AvgIpc) is 3.16. The van der Waals surface area contributed by atoms with Crippen molar-refractivity contribution in [1.82, 2.24) is 9.80 Å². The number of ether oxygens (including phenoxy) is 1. The standard InChI is InChI=1S/C21H23N3O3/c1-5-6-11-24-13-17(15-9-10-22-19(15)21(24)26)16-12-14(20(25)23(2)3)7-8-18(16)27-4/h5-10,12-13,19H,11H2,1-4H3/b6-5+. The zero-order chi connectivity index (χ0) is 19.6. The number of fused-ring (bicyclic) bond motifs is 1. The molecule has 0 saturated carbocycles. The summed E-state index contributed by atoms with van der Waals surface area (Å²) >= 11 is 0. The van der Waals surface area contributed by atoms with Gasteiger partial charge in [-0.05, 0) is 36.8 Å². The second-order valence-electron chi connectivity index (χ2n) is 6.54. The van der Waals surface area contributed by atoms with E-state index in [0.717, 1.165) is 16.7 Å². The Kier molecular flexibility index (Phi) is 5.26. The molecule has 1 unspecified atom stereocenters. The summed E-state index contributed by atoms with van der Waals surface area (Å²) < 4.78 is 5.53. The summed E-state index contributed by atoms with van der Waals surface area (Å²) in [5, 5.41) is 0. The van der Waals surface area contributed by atoms with Crippen molar-refractivity contribution in [1.29, 1.82) is 0 Å². The lowest BCUT2D eigenvalue weighted by atomic mass is 9.89. The molecule has 0 saturated heterocycles. The van der Waals surface area contributed by atoms with Crippen LogP contribution in [0.5, 0.6) is 5.75 Å². The molecule has 0 spiro atoms. The van der Waals surface area contributed by atoms with Gasteiger partial charge < -0.3 is 14.5 Å². The summed E-state index contributed by atoms with van der Waals surface area (Å²) in [6, 6.07) is 4.79. The second-order valence-corrected chi connectivity index (χ2v) is 6.54. The Balaban J connectivity index is 2.13. The fraction of sp³-hybridized carbons (Fsp3) is 0.286. The molecule has 0 fully saturated rings. The van der Waals surface area contributed by atoms with Gasteiger partial charge in [0.05, 0.1) is 7.11 Å². The highest BCUT2D eigenvalue weighted by atomic mass is 16.5. The van der Waals surface area contributed by atoms with Gasteiger partial charge in [0.2, 0.25) is 0 Å². The van der Waals surface area contributed by atoms with Crippen molar-refractivity contribution in [2.45, 2.75) is 13.0 Å². The Bertz CT molecular complexity index is 894. The molecule has 1 aromatic rings. The normalized spacial score (nSPS) is 18.4. The topological polar surface area (TPSA) is 62.2 Å². The fourth-order valence-corrected chi connectivity index (χ4v) is 3.16. The maximum atomic E-state index is 12.7. The van der Waals surface area contributed by atoms with Crippen molar-refractivity contribution in [2.24, 2.45) is 4.99 Å². The fourth-order valence-electron chi connectivity index (χ4n) is 3.16. The molecule has 2 aliphatic heterocycles. The van der Waals surface area contributed by atoms with Gasteiger partial charge in [-0.3, -0.25) is 14.6 Å². The molecule has 2 heterocycles. The minimum absolute atomic E-state index is 0.0589. The predicted molar refractivity (Wildman–Crippen MR) is 106 cm³/mol. The number of amides is 2. The molecule has 2 amide bonds. The number of rotatable bonds is 5. The number of hydrogen-bond donors (Lipinski definition) is 0. The van der Waals surface area contributed by atoms with E-state index < -0.39 is 6.04 Å². The van der Waals surface area contributed by atoms with Crippen LogP contribution < -0.4 is 4.74 Å². The van der Waals surface area contributed by atoms with E-state index in [4.69, 9.17) is 4.74 Å². The molecule has 6 nitrogen and oxygen atoms in total. The van der Waals surface area contributed by atoms with E-state index in [9.17, 15) is 9.59 Å². The number of carbonyl (C=O) groups excluding carboxylic acids is 2. The summed E-state index contributed by atoms with van der Waals surface area (Å²) in [5.41, 5.74) is 2.99. The first-order valence-corrected chi connectivity index (χ1v) is 8.75. The predicted octanol–water partition coefficient (Wildman–Crippen LogP) is 2.54. The summed E-state index contributed by atoms with van der Waals surface area (Å²) in [6.45, 7) is 2.38. The lowest BCUT2D eigenvalue weighted by Crippen LogP contribution is -2.39. The van der Waals surface area contributed by atoms with Crippen molar-refractivity contribution in [2.75, 3.05) is 27.7 Å². The third kappa shape index (κ3) is 3.43. The third-order valence-corrected chi connectivity index (χ3v) is 4.58. The van der Waals surface area contributed by atoms with Crippen LogP contribution in [-0.4, -0.2) is 61.6 Å². The number of hydrogen-bond acceptors (Lipinski definition) is 4. The quantitative estimate of drug-likeness (QED) is 0.754. The first-order valence-electron chi connectivity index (χ1n) is 8.75. The molecular formula is C21H23N3O3. The molecule has 1 atom stereocenters. The average molecular weight is 365 g/mol.